The summed E-state index contributed by atoms with van der Waals surface area (Å²) in [6, 6.07) is 10.4. The highest BCUT2D eigenvalue weighted by molar-refractivity contribution is 7.89. The molecule has 3 aromatic rings. The maximum atomic E-state index is 11.3. The van der Waals surface area contributed by atoms with Gasteiger partial charge in [-0.2, -0.15) is 0 Å². The van der Waals surface area contributed by atoms with E-state index in [0.29, 0.717) is 6.61 Å². The molecule has 0 bridgehead atoms. The van der Waals surface area contributed by atoms with Crippen molar-refractivity contribution in [2.75, 3.05) is 6.61 Å². The Kier molecular flexibility index (Phi) is 5.71. The molecule has 1 aromatic carbocycles. The van der Waals surface area contributed by atoms with E-state index in [-0.39, 0.29) is 4.90 Å². The van der Waals surface area contributed by atoms with E-state index in [1.807, 2.05) is 26.0 Å². The summed E-state index contributed by atoms with van der Waals surface area (Å²) in [5, 5.41) is 14.0. The van der Waals surface area contributed by atoms with Gasteiger partial charge in [-0.1, -0.05) is 19.1 Å². The van der Waals surface area contributed by atoms with Crippen molar-refractivity contribution in [3.8, 4) is 11.1 Å². The third-order valence-corrected chi connectivity index (χ3v) is 4.31. The number of rotatable bonds is 3. The first kappa shape index (κ1) is 18.1. The number of primary sulfonamides is 1. The molecule has 24 heavy (non-hydrogen) atoms. The smallest absolute Gasteiger partial charge is 0.238 e. The fourth-order valence-corrected chi connectivity index (χ4v) is 2.75. The molecular weight excluding hydrogens is 326 g/mol. The largest absolute Gasteiger partial charge is 0.396 e. The van der Waals surface area contributed by atoms with Gasteiger partial charge < -0.3 is 10.1 Å². The van der Waals surface area contributed by atoms with E-state index in [1.54, 1.807) is 18.3 Å². The van der Waals surface area contributed by atoms with Crippen molar-refractivity contribution in [2.24, 2.45) is 5.14 Å². The first-order chi connectivity index (χ1) is 11.4. The normalized spacial score (nSPS) is 11.2. The third-order valence-electron chi connectivity index (χ3n) is 3.38. The first-order valence-corrected chi connectivity index (χ1v) is 9.10. The average Bonchev–Trinajstić information content (AvgIpc) is 2.94. The van der Waals surface area contributed by atoms with Crippen molar-refractivity contribution in [1.82, 2.24) is 9.97 Å². The lowest BCUT2D eigenvalue weighted by molar-refractivity contribution is 0.295. The second kappa shape index (κ2) is 7.57. The van der Waals surface area contributed by atoms with Crippen molar-refractivity contribution in [3.05, 3.63) is 48.3 Å². The number of fused-ring (bicyclic) bond motifs is 1. The zero-order valence-electron chi connectivity index (χ0n) is 13.7. The molecule has 0 saturated heterocycles. The standard InChI is InChI=1S/C14H13N3O2S.C3H8O/c1-9-8-13-12(6-7-16-14(13)17-9)10-2-4-11(5-3-10)20(15,18)19;1-2-3-4/h2-8H,1H3,(H,16,17)(H2,15,18,19);4H,2-3H2,1H3. The quantitative estimate of drug-likeness (QED) is 0.676. The fraction of sp³-hybridized carbons (Fsp3) is 0.235. The lowest BCUT2D eigenvalue weighted by atomic mass is 10.0. The van der Waals surface area contributed by atoms with E-state index in [9.17, 15) is 8.42 Å². The summed E-state index contributed by atoms with van der Waals surface area (Å²) in [4.78, 5) is 7.56. The summed E-state index contributed by atoms with van der Waals surface area (Å²) in [6.45, 7) is 4.22. The minimum absolute atomic E-state index is 0.108. The Morgan fingerprint density at radius 2 is 1.83 bits per heavy atom. The van der Waals surface area contributed by atoms with Gasteiger partial charge >= 0.3 is 0 Å². The van der Waals surface area contributed by atoms with E-state index in [1.165, 1.54) is 12.1 Å². The number of hydrogen-bond acceptors (Lipinski definition) is 4. The number of aliphatic hydroxyl groups is 1. The Morgan fingerprint density at radius 3 is 2.38 bits per heavy atom. The predicted octanol–water partition coefficient (Wildman–Crippen LogP) is 2.57. The summed E-state index contributed by atoms with van der Waals surface area (Å²) in [5.74, 6) is 0. The summed E-state index contributed by atoms with van der Waals surface area (Å²) in [6.07, 6.45) is 2.60. The van der Waals surface area contributed by atoms with Crippen LogP contribution in [0.2, 0.25) is 0 Å². The summed E-state index contributed by atoms with van der Waals surface area (Å²) >= 11 is 0. The number of nitrogens with zero attached hydrogens (tertiary/aromatic N) is 1. The molecule has 4 N–H and O–H groups in total. The van der Waals surface area contributed by atoms with Gasteiger partial charge in [0.2, 0.25) is 10.0 Å². The molecule has 0 fully saturated rings. The second-order valence-corrected chi connectivity index (χ2v) is 6.93. The summed E-state index contributed by atoms with van der Waals surface area (Å²) in [5.41, 5.74) is 3.76. The zero-order chi connectivity index (χ0) is 17.7. The van der Waals surface area contributed by atoms with Crippen LogP contribution in [0.5, 0.6) is 0 Å². The molecule has 0 amide bonds. The van der Waals surface area contributed by atoms with Crippen molar-refractivity contribution in [2.45, 2.75) is 25.2 Å². The van der Waals surface area contributed by atoms with Gasteiger partial charge in [-0.15, -0.1) is 0 Å². The number of aromatic amines is 1. The molecule has 0 saturated carbocycles. The number of aromatic nitrogens is 2. The van der Waals surface area contributed by atoms with Crippen LogP contribution in [0, 0.1) is 6.92 Å². The number of hydrogen-bond donors (Lipinski definition) is 3. The van der Waals surface area contributed by atoms with E-state index in [2.05, 4.69) is 9.97 Å². The van der Waals surface area contributed by atoms with Gasteiger partial charge in [-0.25, -0.2) is 18.5 Å². The van der Waals surface area contributed by atoms with E-state index < -0.39 is 10.0 Å². The van der Waals surface area contributed by atoms with Crippen LogP contribution < -0.4 is 5.14 Å². The van der Waals surface area contributed by atoms with Crippen molar-refractivity contribution in [1.29, 1.82) is 0 Å². The Labute approximate surface area is 141 Å². The minimum Gasteiger partial charge on any atom is -0.396 e. The number of aryl methyl sites for hydroxylation is 1. The van der Waals surface area contributed by atoms with Gasteiger partial charge in [-0.3, -0.25) is 0 Å². The molecule has 3 rings (SSSR count). The van der Waals surface area contributed by atoms with Crippen molar-refractivity contribution in [3.63, 3.8) is 0 Å². The molecule has 0 aliphatic rings. The van der Waals surface area contributed by atoms with E-state index in [4.69, 9.17) is 10.2 Å². The lowest BCUT2D eigenvalue weighted by Gasteiger charge is -2.04. The predicted molar refractivity (Wildman–Crippen MR) is 95.0 cm³/mol. The van der Waals surface area contributed by atoms with Crippen LogP contribution in [0.25, 0.3) is 22.2 Å². The van der Waals surface area contributed by atoms with Crippen LogP contribution in [0.3, 0.4) is 0 Å². The number of aliphatic hydroxyl groups excluding tert-OH is 1. The zero-order valence-corrected chi connectivity index (χ0v) is 14.5. The highest BCUT2D eigenvalue weighted by atomic mass is 32.2. The highest BCUT2D eigenvalue weighted by Crippen LogP contribution is 2.28. The van der Waals surface area contributed by atoms with Crippen molar-refractivity contribution >= 4 is 21.1 Å². The molecule has 6 nitrogen and oxygen atoms in total. The molecule has 0 radical (unpaired) electrons. The Hall–Kier alpha value is -2.22. The van der Waals surface area contributed by atoms with Gasteiger partial charge in [0, 0.05) is 23.9 Å². The number of sulfonamides is 1. The van der Waals surface area contributed by atoms with Crippen LogP contribution in [-0.2, 0) is 10.0 Å². The lowest BCUT2D eigenvalue weighted by Crippen LogP contribution is -2.11. The molecule has 0 unspecified atom stereocenters. The van der Waals surface area contributed by atoms with Gasteiger partial charge in [0.15, 0.2) is 0 Å². The molecule has 0 atom stereocenters. The van der Waals surface area contributed by atoms with E-state index in [0.717, 1.165) is 34.3 Å². The Bertz CT molecular complexity index is 914. The third kappa shape index (κ3) is 4.19. The Balaban J connectivity index is 0.000000471. The summed E-state index contributed by atoms with van der Waals surface area (Å²) in [7, 11) is -3.66. The molecule has 7 heteroatoms. The molecule has 2 aromatic heterocycles. The van der Waals surface area contributed by atoms with Crippen LogP contribution in [0.1, 0.15) is 19.0 Å². The highest BCUT2D eigenvalue weighted by Gasteiger charge is 2.10. The van der Waals surface area contributed by atoms with E-state index >= 15 is 0 Å². The van der Waals surface area contributed by atoms with Gasteiger partial charge in [0.05, 0.1) is 4.90 Å². The molecule has 0 spiro atoms. The van der Waals surface area contributed by atoms with Gasteiger partial charge in [-0.05, 0) is 48.7 Å². The molecular formula is C17H21N3O3S. The maximum absolute atomic E-state index is 11.3. The summed E-state index contributed by atoms with van der Waals surface area (Å²) < 4.78 is 22.5. The molecule has 0 aliphatic heterocycles. The fourth-order valence-electron chi connectivity index (χ4n) is 2.23. The number of benzene rings is 1. The number of nitrogens with two attached hydrogens (primary N) is 1. The second-order valence-electron chi connectivity index (χ2n) is 5.37. The Morgan fingerprint density at radius 1 is 1.21 bits per heavy atom. The van der Waals surface area contributed by atoms with Crippen LogP contribution in [-0.4, -0.2) is 30.1 Å². The minimum atomic E-state index is -3.66. The van der Waals surface area contributed by atoms with Crippen LogP contribution >= 0.6 is 0 Å². The topological polar surface area (TPSA) is 109 Å². The number of nitrogens with one attached hydrogen (secondary N) is 1. The number of H-pyrrole nitrogens is 1. The number of pyridine rings is 1. The van der Waals surface area contributed by atoms with Crippen LogP contribution in [0.15, 0.2) is 47.5 Å². The van der Waals surface area contributed by atoms with Crippen molar-refractivity contribution < 1.29 is 13.5 Å². The molecule has 128 valence electrons. The van der Waals surface area contributed by atoms with Gasteiger partial charge in [0.25, 0.3) is 0 Å². The van der Waals surface area contributed by atoms with Crippen LogP contribution in [0.4, 0.5) is 0 Å². The first-order valence-electron chi connectivity index (χ1n) is 7.55. The SMILES string of the molecule is CCCO.Cc1cc2c(-c3ccc(S(N)(=O)=O)cc3)ccnc2[nH]1. The average molecular weight is 347 g/mol. The van der Waals surface area contributed by atoms with Gasteiger partial charge in [0.1, 0.15) is 5.65 Å². The molecule has 0 aliphatic carbocycles. The molecule has 2 heterocycles. The monoisotopic (exact) mass is 347 g/mol. The maximum Gasteiger partial charge on any atom is 0.238 e.